The largest absolute Gasteiger partial charge is 0.310 e. The standard InChI is InChI=1S/C52H37N/c1-4-16-38(17-5-1)39-30-34-44(35-31-39)53(51-29-14-23-41-22-10-11-25-47(41)51)45-36-32-43(33-37-45)49-28-15-27-48(42-20-8-3-9-21-42)52(49)50-26-13-12-24-46(50)40-18-6-2-7-19-40/h1-37H. The first-order chi connectivity index (χ1) is 26.3. The van der Waals surface area contributed by atoms with Gasteiger partial charge in [0.15, 0.2) is 0 Å². The Bertz CT molecular complexity index is 2620. The van der Waals surface area contributed by atoms with Gasteiger partial charge in [-0.3, -0.25) is 0 Å². The van der Waals surface area contributed by atoms with Gasteiger partial charge in [-0.1, -0.05) is 194 Å². The van der Waals surface area contributed by atoms with Gasteiger partial charge in [0, 0.05) is 16.8 Å². The topological polar surface area (TPSA) is 3.24 Å². The number of rotatable bonds is 8. The summed E-state index contributed by atoms with van der Waals surface area (Å²) in [5.41, 5.74) is 15.4. The van der Waals surface area contributed by atoms with Gasteiger partial charge in [0.25, 0.3) is 0 Å². The molecule has 53 heavy (non-hydrogen) atoms. The van der Waals surface area contributed by atoms with Crippen LogP contribution in [0, 0.1) is 0 Å². The van der Waals surface area contributed by atoms with Crippen LogP contribution in [-0.2, 0) is 0 Å². The summed E-state index contributed by atoms with van der Waals surface area (Å²) in [6, 6.07) is 80.8. The van der Waals surface area contributed by atoms with Crippen LogP contribution < -0.4 is 4.90 Å². The first-order valence-corrected chi connectivity index (χ1v) is 18.2. The summed E-state index contributed by atoms with van der Waals surface area (Å²) < 4.78 is 0. The van der Waals surface area contributed by atoms with E-state index in [9.17, 15) is 0 Å². The van der Waals surface area contributed by atoms with E-state index in [-0.39, 0.29) is 0 Å². The number of fused-ring (bicyclic) bond motifs is 1. The molecule has 9 aromatic rings. The van der Waals surface area contributed by atoms with Crippen molar-refractivity contribution in [1.82, 2.24) is 0 Å². The smallest absolute Gasteiger partial charge is 0.0540 e. The van der Waals surface area contributed by atoms with E-state index in [4.69, 9.17) is 0 Å². The lowest BCUT2D eigenvalue weighted by Gasteiger charge is -2.27. The van der Waals surface area contributed by atoms with Crippen LogP contribution >= 0.6 is 0 Å². The lowest BCUT2D eigenvalue weighted by Crippen LogP contribution is -2.10. The average Bonchev–Trinajstić information content (AvgIpc) is 3.25. The zero-order valence-electron chi connectivity index (χ0n) is 29.3. The van der Waals surface area contributed by atoms with Gasteiger partial charge in [0.1, 0.15) is 0 Å². The van der Waals surface area contributed by atoms with Crippen LogP contribution in [0.4, 0.5) is 17.1 Å². The predicted octanol–water partition coefficient (Wildman–Crippen LogP) is 14.6. The molecule has 9 aromatic carbocycles. The van der Waals surface area contributed by atoms with Gasteiger partial charge < -0.3 is 4.90 Å². The third kappa shape index (κ3) is 6.30. The third-order valence-corrected chi connectivity index (χ3v) is 10.1. The Morgan fingerprint density at radius 2 is 0.642 bits per heavy atom. The molecule has 0 bridgehead atoms. The fourth-order valence-corrected chi connectivity index (χ4v) is 7.57. The van der Waals surface area contributed by atoms with Crippen LogP contribution in [0.25, 0.3) is 66.4 Å². The molecule has 0 spiro atoms. The van der Waals surface area contributed by atoms with Crippen molar-refractivity contribution >= 4 is 27.8 Å². The van der Waals surface area contributed by atoms with Crippen molar-refractivity contribution in [2.45, 2.75) is 0 Å². The highest BCUT2D eigenvalue weighted by Crippen LogP contribution is 2.45. The quantitative estimate of drug-likeness (QED) is 0.155. The van der Waals surface area contributed by atoms with E-state index in [1.54, 1.807) is 0 Å². The van der Waals surface area contributed by atoms with Gasteiger partial charge in [0.2, 0.25) is 0 Å². The normalized spacial score (nSPS) is 11.0. The lowest BCUT2D eigenvalue weighted by molar-refractivity contribution is 1.30. The molecule has 0 heterocycles. The average molecular weight is 676 g/mol. The lowest BCUT2D eigenvalue weighted by atomic mass is 9.84. The molecule has 0 saturated heterocycles. The summed E-state index contributed by atoms with van der Waals surface area (Å²) in [5.74, 6) is 0. The minimum Gasteiger partial charge on any atom is -0.310 e. The van der Waals surface area contributed by atoms with Crippen molar-refractivity contribution in [3.63, 3.8) is 0 Å². The van der Waals surface area contributed by atoms with E-state index in [1.165, 1.54) is 66.4 Å². The van der Waals surface area contributed by atoms with Crippen molar-refractivity contribution in [3.8, 4) is 55.6 Å². The predicted molar refractivity (Wildman–Crippen MR) is 226 cm³/mol. The molecule has 0 aliphatic rings. The molecule has 0 fully saturated rings. The molecular formula is C52H37N. The second-order valence-corrected chi connectivity index (χ2v) is 13.3. The van der Waals surface area contributed by atoms with Crippen LogP contribution in [0.3, 0.4) is 0 Å². The second-order valence-electron chi connectivity index (χ2n) is 13.3. The van der Waals surface area contributed by atoms with Crippen molar-refractivity contribution in [3.05, 3.63) is 224 Å². The summed E-state index contributed by atoms with van der Waals surface area (Å²) in [6.45, 7) is 0. The highest BCUT2D eigenvalue weighted by molar-refractivity contribution is 6.01. The zero-order valence-corrected chi connectivity index (χ0v) is 29.3. The van der Waals surface area contributed by atoms with Crippen molar-refractivity contribution < 1.29 is 0 Å². The maximum absolute atomic E-state index is 2.38. The number of hydrogen-bond acceptors (Lipinski definition) is 1. The molecule has 0 saturated carbocycles. The van der Waals surface area contributed by atoms with Crippen LogP contribution in [0.15, 0.2) is 224 Å². The Kier molecular flexibility index (Phi) is 8.66. The third-order valence-electron chi connectivity index (χ3n) is 10.1. The maximum Gasteiger partial charge on any atom is 0.0540 e. The van der Waals surface area contributed by atoms with E-state index in [0.29, 0.717) is 0 Å². The number of benzene rings is 9. The Hall–Kier alpha value is -6.96. The molecular weight excluding hydrogens is 639 g/mol. The van der Waals surface area contributed by atoms with E-state index < -0.39 is 0 Å². The Labute approximate surface area is 311 Å². The molecule has 9 rings (SSSR count). The summed E-state index contributed by atoms with van der Waals surface area (Å²) in [7, 11) is 0. The molecule has 0 aliphatic heterocycles. The number of anilines is 3. The first kappa shape index (κ1) is 32.0. The van der Waals surface area contributed by atoms with Crippen LogP contribution in [0.5, 0.6) is 0 Å². The Balaban J connectivity index is 1.20. The first-order valence-electron chi connectivity index (χ1n) is 18.2. The highest BCUT2D eigenvalue weighted by Gasteiger charge is 2.19. The minimum absolute atomic E-state index is 1.10. The van der Waals surface area contributed by atoms with Crippen molar-refractivity contribution in [2.24, 2.45) is 0 Å². The number of nitrogens with zero attached hydrogens (tertiary/aromatic N) is 1. The number of hydrogen-bond donors (Lipinski definition) is 0. The summed E-state index contributed by atoms with van der Waals surface area (Å²) in [6.07, 6.45) is 0. The Morgan fingerprint density at radius 3 is 1.26 bits per heavy atom. The van der Waals surface area contributed by atoms with Gasteiger partial charge in [-0.05, 0) is 91.4 Å². The van der Waals surface area contributed by atoms with E-state index in [2.05, 4.69) is 229 Å². The monoisotopic (exact) mass is 675 g/mol. The van der Waals surface area contributed by atoms with Gasteiger partial charge in [-0.2, -0.15) is 0 Å². The molecule has 0 atom stereocenters. The second kappa shape index (κ2) is 14.3. The van der Waals surface area contributed by atoms with Crippen molar-refractivity contribution in [1.29, 1.82) is 0 Å². The van der Waals surface area contributed by atoms with E-state index >= 15 is 0 Å². The minimum atomic E-state index is 1.10. The molecule has 0 unspecified atom stereocenters. The summed E-state index contributed by atoms with van der Waals surface area (Å²) >= 11 is 0. The molecule has 1 heteroatoms. The molecule has 0 aromatic heterocycles. The summed E-state index contributed by atoms with van der Waals surface area (Å²) in [5, 5.41) is 2.42. The fraction of sp³-hybridized carbons (Fsp3) is 0. The summed E-state index contributed by atoms with van der Waals surface area (Å²) in [4.78, 5) is 2.38. The van der Waals surface area contributed by atoms with E-state index in [1.807, 2.05) is 0 Å². The van der Waals surface area contributed by atoms with Gasteiger partial charge in [-0.15, -0.1) is 0 Å². The molecule has 0 amide bonds. The van der Waals surface area contributed by atoms with E-state index in [0.717, 1.165) is 17.1 Å². The SMILES string of the molecule is c1ccc(-c2ccc(N(c3ccc(-c4cccc(-c5ccccc5)c4-c4ccccc4-c4ccccc4)cc3)c3cccc4ccccc34)cc2)cc1. The van der Waals surface area contributed by atoms with Crippen LogP contribution in [-0.4, -0.2) is 0 Å². The molecule has 0 N–H and O–H groups in total. The van der Waals surface area contributed by atoms with Gasteiger partial charge in [0.05, 0.1) is 5.69 Å². The molecule has 250 valence electrons. The Morgan fingerprint density at radius 1 is 0.245 bits per heavy atom. The highest BCUT2D eigenvalue weighted by atomic mass is 15.1. The molecule has 1 nitrogen and oxygen atoms in total. The molecule has 0 radical (unpaired) electrons. The zero-order chi connectivity index (χ0) is 35.4. The van der Waals surface area contributed by atoms with Crippen LogP contribution in [0.1, 0.15) is 0 Å². The molecule has 0 aliphatic carbocycles. The fourth-order valence-electron chi connectivity index (χ4n) is 7.57. The van der Waals surface area contributed by atoms with Crippen molar-refractivity contribution in [2.75, 3.05) is 4.90 Å². The maximum atomic E-state index is 2.38. The van der Waals surface area contributed by atoms with Gasteiger partial charge in [-0.25, -0.2) is 0 Å². The van der Waals surface area contributed by atoms with Crippen LogP contribution in [0.2, 0.25) is 0 Å². The van der Waals surface area contributed by atoms with Gasteiger partial charge >= 0.3 is 0 Å².